The first kappa shape index (κ1) is 11.1. The van der Waals surface area contributed by atoms with Crippen molar-refractivity contribution in [2.24, 2.45) is 11.8 Å². The van der Waals surface area contributed by atoms with Gasteiger partial charge in [-0.1, -0.05) is 19.3 Å². The molecule has 1 aliphatic rings. The Kier molecular flexibility index (Phi) is 4.56. The summed E-state index contributed by atoms with van der Waals surface area (Å²) < 4.78 is 0. The maximum absolute atomic E-state index is 10.4. The summed E-state index contributed by atoms with van der Waals surface area (Å²) >= 11 is 0. The Labute approximate surface area is 83.8 Å². The Morgan fingerprint density at radius 3 is 2.50 bits per heavy atom. The number of carbonyl (C=O) groups excluding carboxylic acids is 1. The van der Waals surface area contributed by atoms with Crippen LogP contribution in [0.5, 0.6) is 0 Å². The highest BCUT2D eigenvalue weighted by Crippen LogP contribution is 2.31. The molecule has 0 aromatic carbocycles. The zero-order valence-corrected chi connectivity index (χ0v) is 8.35. The molecule has 0 N–H and O–H groups in total. The smallest absolute Gasteiger partial charge is 0.207 e. The van der Waals surface area contributed by atoms with Gasteiger partial charge in [0.15, 0.2) is 0 Å². The van der Waals surface area contributed by atoms with E-state index in [1.54, 1.807) is 0 Å². The molecule has 0 radical (unpaired) electrons. The molecule has 0 heterocycles. The van der Waals surface area contributed by atoms with Gasteiger partial charge in [0, 0.05) is 17.3 Å². The Bertz CT molecular complexity index is 200. The van der Waals surface area contributed by atoms with Crippen molar-refractivity contribution in [2.45, 2.75) is 38.5 Å². The number of hydrogen-bond acceptors (Lipinski definition) is 3. The fourth-order valence-corrected chi connectivity index (χ4v) is 2.34. The van der Waals surface area contributed by atoms with Crippen molar-refractivity contribution in [3.8, 4) is 0 Å². The summed E-state index contributed by atoms with van der Waals surface area (Å²) in [5, 5.41) is 10.4. The molecule has 0 saturated heterocycles. The van der Waals surface area contributed by atoms with Gasteiger partial charge in [0.05, 0.1) is 0 Å². The quantitative estimate of drug-likeness (QED) is 0.387. The van der Waals surface area contributed by atoms with E-state index in [1.807, 2.05) is 0 Å². The second-order valence-corrected chi connectivity index (χ2v) is 4.08. The van der Waals surface area contributed by atoms with E-state index in [0.717, 1.165) is 32.0 Å². The molecule has 1 aliphatic carbocycles. The lowest BCUT2D eigenvalue weighted by molar-refractivity contribution is -0.490. The fraction of sp³-hybridized carbons (Fsp3) is 0.900. The maximum Gasteiger partial charge on any atom is 0.207 e. The lowest BCUT2D eigenvalue weighted by Crippen LogP contribution is -2.25. The summed E-state index contributed by atoms with van der Waals surface area (Å²) in [4.78, 5) is 20.5. The molecule has 0 spiro atoms. The predicted octanol–water partition coefficient (Wildman–Crippen LogP) is 2.05. The summed E-state index contributed by atoms with van der Waals surface area (Å²) in [6.45, 7) is -0.0383. The van der Waals surface area contributed by atoms with Gasteiger partial charge >= 0.3 is 0 Å². The molecule has 0 bridgehead atoms. The zero-order chi connectivity index (χ0) is 10.4. The molecule has 14 heavy (non-hydrogen) atoms. The summed E-state index contributed by atoms with van der Waals surface area (Å²) in [6, 6.07) is 0. The van der Waals surface area contributed by atoms with Crippen LogP contribution in [0.2, 0.25) is 0 Å². The fourth-order valence-electron chi connectivity index (χ4n) is 2.34. The molecule has 1 fully saturated rings. The topological polar surface area (TPSA) is 60.2 Å². The number of hydrogen-bond donors (Lipinski definition) is 0. The maximum atomic E-state index is 10.4. The van der Waals surface area contributed by atoms with Gasteiger partial charge in [0.2, 0.25) is 6.54 Å². The summed E-state index contributed by atoms with van der Waals surface area (Å²) in [5.74, 6) is 0.377. The van der Waals surface area contributed by atoms with Crippen LogP contribution in [-0.4, -0.2) is 17.8 Å². The molecule has 0 aromatic heterocycles. The summed E-state index contributed by atoms with van der Waals surface area (Å²) in [5.41, 5.74) is 0. The molecule has 0 aliphatic heterocycles. The molecular weight excluding hydrogens is 182 g/mol. The third-order valence-corrected chi connectivity index (χ3v) is 3.10. The Hall–Kier alpha value is -0.930. The molecule has 4 nitrogen and oxygen atoms in total. The minimum Gasteiger partial charge on any atom is -0.303 e. The normalized spacial score (nSPS) is 20.3. The van der Waals surface area contributed by atoms with Crippen molar-refractivity contribution in [2.75, 3.05) is 6.54 Å². The lowest BCUT2D eigenvalue weighted by atomic mass is 9.79. The predicted molar refractivity (Wildman–Crippen MR) is 52.6 cm³/mol. The van der Waals surface area contributed by atoms with Gasteiger partial charge in [-0.3, -0.25) is 10.1 Å². The summed E-state index contributed by atoms with van der Waals surface area (Å²) in [6.07, 6.45) is 6.87. The molecule has 1 rings (SSSR count). The van der Waals surface area contributed by atoms with Gasteiger partial charge < -0.3 is 4.79 Å². The molecule has 1 saturated carbocycles. The average molecular weight is 199 g/mol. The third-order valence-electron chi connectivity index (χ3n) is 3.10. The first-order valence-corrected chi connectivity index (χ1v) is 5.29. The van der Waals surface area contributed by atoms with Gasteiger partial charge in [0.25, 0.3) is 0 Å². The van der Waals surface area contributed by atoms with Crippen LogP contribution < -0.4 is 0 Å². The molecule has 1 atom stereocenters. The number of nitrogens with zero attached hydrogens (tertiary/aromatic N) is 1. The molecule has 80 valence electrons. The van der Waals surface area contributed by atoms with E-state index in [-0.39, 0.29) is 17.4 Å². The summed E-state index contributed by atoms with van der Waals surface area (Å²) in [7, 11) is 0. The van der Waals surface area contributed by atoms with Crippen molar-refractivity contribution in [1.29, 1.82) is 0 Å². The van der Waals surface area contributed by atoms with E-state index >= 15 is 0 Å². The molecule has 0 unspecified atom stereocenters. The highest BCUT2D eigenvalue weighted by molar-refractivity contribution is 5.49. The van der Waals surface area contributed by atoms with Gasteiger partial charge in [-0.15, -0.1) is 0 Å². The van der Waals surface area contributed by atoms with Crippen molar-refractivity contribution < 1.29 is 9.72 Å². The molecule has 0 amide bonds. The van der Waals surface area contributed by atoms with Crippen molar-refractivity contribution >= 4 is 6.29 Å². The number of rotatable bonds is 5. The monoisotopic (exact) mass is 199 g/mol. The van der Waals surface area contributed by atoms with E-state index in [0.29, 0.717) is 12.3 Å². The average Bonchev–Trinajstić information content (AvgIpc) is 2.18. The lowest BCUT2D eigenvalue weighted by Gasteiger charge is -2.26. The van der Waals surface area contributed by atoms with Crippen LogP contribution in [0.4, 0.5) is 0 Å². The second kappa shape index (κ2) is 5.73. The third kappa shape index (κ3) is 3.44. The molecule has 0 aromatic rings. The number of nitro groups is 1. The second-order valence-electron chi connectivity index (χ2n) is 4.08. The van der Waals surface area contributed by atoms with Gasteiger partial charge in [-0.2, -0.15) is 0 Å². The Morgan fingerprint density at radius 2 is 2.00 bits per heavy atom. The zero-order valence-electron chi connectivity index (χ0n) is 8.35. The molecular formula is C10H17NO3. The number of aldehydes is 1. The Morgan fingerprint density at radius 1 is 1.36 bits per heavy atom. The first-order valence-electron chi connectivity index (χ1n) is 5.29. The van der Waals surface area contributed by atoms with Gasteiger partial charge in [0.1, 0.15) is 6.29 Å². The first-order chi connectivity index (χ1) is 6.74. The van der Waals surface area contributed by atoms with Gasteiger partial charge in [-0.25, -0.2) is 0 Å². The van der Waals surface area contributed by atoms with Crippen LogP contribution in [0.1, 0.15) is 38.5 Å². The molecule has 4 heteroatoms. The van der Waals surface area contributed by atoms with Gasteiger partial charge in [-0.05, 0) is 18.8 Å². The van der Waals surface area contributed by atoms with Crippen LogP contribution in [0.15, 0.2) is 0 Å². The van der Waals surface area contributed by atoms with Crippen LogP contribution in [-0.2, 0) is 4.79 Å². The Balaban J connectivity index is 2.46. The van der Waals surface area contributed by atoms with E-state index in [1.165, 1.54) is 6.42 Å². The largest absolute Gasteiger partial charge is 0.303 e. The minimum absolute atomic E-state index is 0.0252. The van der Waals surface area contributed by atoms with Crippen molar-refractivity contribution in [1.82, 2.24) is 0 Å². The van der Waals surface area contributed by atoms with E-state index in [4.69, 9.17) is 0 Å². The van der Waals surface area contributed by atoms with Crippen LogP contribution in [0.25, 0.3) is 0 Å². The highest BCUT2D eigenvalue weighted by atomic mass is 16.6. The standard InChI is InChI=1S/C10H17NO3/c12-7-6-10(8-11(13)14)9-4-2-1-3-5-9/h7,9-10H,1-6,8H2/t10-/m1/s1. The van der Waals surface area contributed by atoms with E-state index in [2.05, 4.69) is 0 Å². The SMILES string of the molecule is O=CC[C@H](C[N+](=O)[O-])C1CCCCC1. The van der Waals surface area contributed by atoms with Crippen molar-refractivity contribution in [3.63, 3.8) is 0 Å². The van der Waals surface area contributed by atoms with E-state index < -0.39 is 0 Å². The van der Waals surface area contributed by atoms with Crippen molar-refractivity contribution in [3.05, 3.63) is 10.1 Å². The highest BCUT2D eigenvalue weighted by Gasteiger charge is 2.26. The van der Waals surface area contributed by atoms with Crippen LogP contribution in [0.3, 0.4) is 0 Å². The minimum atomic E-state index is -0.289. The van der Waals surface area contributed by atoms with E-state index in [9.17, 15) is 14.9 Å². The van der Waals surface area contributed by atoms with Crippen LogP contribution in [0, 0.1) is 22.0 Å². The number of carbonyl (C=O) groups is 1. The van der Waals surface area contributed by atoms with Crippen LogP contribution >= 0.6 is 0 Å².